The van der Waals surface area contributed by atoms with Crippen molar-refractivity contribution in [3.05, 3.63) is 59.7 Å². The maximum Gasteiger partial charge on any atom is 0.202 e. The average molecular weight is 312 g/mol. The van der Waals surface area contributed by atoms with E-state index in [0.717, 1.165) is 20.9 Å². The predicted octanol–water partition coefficient (Wildman–Crippen LogP) is 2.22. The van der Waals surface area contributed by atoms with Crippen LogP contribution >= 0.6 is 11.8 Å². The molecule has 6 heteroatoms. The number of nitrogens with two attached hydrogens (primary N) is 1. The first-order chi connectivity index (χ1) is 10.7. The van der Waals surface area contributed by atoms with E-state index in [2.05, 4.69) is 10.3 Å². The maximum atomic E-state index is 9.41. The zero-order valence-corrected chi connectivity index (χ0v) is 12.7. The van der Waals surface area contributed by atoms with E-state index in [1.54, 1.807) is 18.0 Å². The van der Waals surface area contributed by atoms with Crippen LogP contribution in [0.3, 0.4) is 0 Å². The van der Waals surface area contributed by atoms with Crippen molar-refractivity contribution in [2.75, 3.05) is 0 Å². The third kappa shape index (κ3) is 4.25. The number of aliphatic hydroxyl groups excluding tert-OH is 1. The Kier molecular flexibility index (Phi) is 5.83. The van der Waals surface area contributed by atoms with E-state index in [4.69, 9.17) is 11.0 Å². The first-order valence-electron chi connectivity index (χ1n) is 6.64. The van der Waals surface area contributed by atoms with Crippen molar-refractivity contribution < 1.29 is 5.11 Å². The summed E-state index contributed by atoms with van der Waals surface area (Å²) in [6.07, 6.45) is 1.73. The van der Waals surface area contributed by atoms with Crippen LogP contribution in [0.1, 0.15) is 11.1 Å². The molecule has 0 aliphatic carbocycles. The van der Waals surface area contributed by atoms with Crippen molar-refractivity contribution >= 4 is 17.7 Å². The van der Waals surface area contributed by atoms with Gasteiger partial charge in [0.2, 0.25) is 5.96 Å². The molecule has 2 rings (SSSR count). The Morgan fingerprint density at radius 2 is 1.73 bits per heavy atom. The Bertz CT molecular complexity index is 709. The summed E-state index contributed by atoms with van der Waals surface area (Å²) in [6.45, 7) is 0.382. The van der Waals surface area contributed by atoms with Gasteiger partial charge in [-0.3, -0.25) is 5.32 Å². The fourth-order valence-corrected chi connectivity index (χ4v) is 2.91. The van der Waals surface area contributed by atoms with Gasteiger partial charge in [-0.1, -0.05) is 48.2 Å². The standard InChI is InChI=1S/C16H16N4OS/c17-11-20-16(18)19-9-12-5-1-3-7-14(12)22-15-8-4-2-6-13(15)10-21/h1-8,21H,9-10H2,(H3,18,19,20). The van der Waals surface area contributed by atoms with E-state index in [9.17, 15) is 5.11 Å². The normalized spacial score (nSPS) is 11.0. The number of benzene rings is 2. The molecule has 0 radical (unpaired) electrons. The van der Waals surface area contributed by atoms with Crippen LogP contribution in [-0.4, -0.2) is 11.1 Å². The van der Waals surface area contributed by atoms with Crippen LogP contribution in [0, 0.1) is 11.5 Å². The lowest BCUT2D eigenvalue weighted by molar-refractivity contribution is 0.279. The van der Waals surface area contributed by atoms with E-state index in [1.807, 2.05) is 48.5 Å². The highest BCUT2D eigenvalue weighted by Gasteiger charge is 2.07. The van der Waals surface area contributed by atoms with Crippen LogP contribution in [-0.2, 0) is 13.2 Å². The van der Waals surface area contributed by atoms with Crippen LogP contribution in [0.25, 0.3) is 0 Å². The lowest BCUT2D eigenvalue weighted by Crippen LogP contribution is -2.27. The van der Waals surface area contributed by atoms with Gasteiger partial charge in [-0.05, 0) is 23.3 Å². The molecule has 0 heterocycles. The van der Waals surface area contributed by atoms with E-state index in [0.29, 0.717) is 6.54 Å². The Labute approximate surface area is 133 Å². The summed E-state index contributed by atoms with van der Waals surface area (Å²) in [4.78, 5) is 6.17. The first kappa shape index (κ1) is 15.9. The number of hydrogen-bond donors (Lipinski definition) is 3. The molecule has 0 fully saturated rings. The second kappa shape index (κ2) is 8.08. The van der Waals surface area contributed by atoms with Gasteiger partial charge in [0, 0.05) is 9.79 Å². The Morgan fingerprint density at radius 1 is 1.14 bits per heavy atom. The minimum absolute atomic E-state index is 0.00251. The smallest absolute Gasteiger partial charge is 0.202 e. The zero-order valence-electron chi connectivity index (χ0n) is 11.9. The summed E-state index contributed by atoms with van der Waals surface area (Å²) in [5.41, 5.74) is 7.45. The Morgan fingerprint density at radius 3 is 2.36 bits per heavy atom. The van der Waals surface area contributed by atoms with Gasteiger partial charge in [0.15, 0.2) is 6.19 Å². The fraction of sp³-hybridized carbons (Fsp3) is 0.125. The molecule has 0 atom stereocenters. The highest BCUT2D eigenvalue weighted by molar-refractivity contribution is 7.99. The van der Waals surface area contributed by atoms with Crippen LogP contribution in [0.2, 0.25) is 0 Å². The minimum Gasteiger partial charge on any atom is -0.392 e. The molecule has 0 unspecified atom stereocenters. The Hall–Kier alpha value is -2.49. The van der Waals surface area contributed by atoms with Crippen molar-refractivity contribution in [3.63, 3.8) is 0 Å². The molecular weight excluding hydrogens is 296 g/mol. The van der Waals surface area contributed by atoms with Gasteiger partial charge in [-0.2, -0.15) is 5.26 Å². The topological polar surface area (TPSA) is 94.4 Å². The van der Waals surface area contributed by atoms with Gasteiger partial charge in [0.05, 0.1) is 13.2 Å². The van der Waals surface area contributed by atoms with Gasteiger partial charge in [-0.15, -0.1) is 0 Å². The number of nitriles is 1. The number of nitrogens with one attached hydrogen (secondary N) is 1. The van der Waals surface area contributed by atoms with Crippen molar-refractivity contribution in [1.29, 1.82) is 5.26 Å². The molecule has 5 nitrogen and oxygen atoms in total. The number of hydrogen-bond acceptors (Lipinski definition) is 4. The second-order valence-corrected chi connectivity index (χ2v) is 5.50. The molecule has 0 amide bonds. The van der Waals surface area contributed by atoms with Crippen molar-refractivity contribution in [3.8, 4) is 6.19 Å². The Balaban J connectivity index is 2.22. The number of aliphatic imine (C=N–C) groups is 1. The number of nitrogens with zero attached hydrogens (tertiary/aromatic N) is 2. The van der Waals surface area contributed by atoms with Crippen molar-refractivity contribution in [1.82, 2.24) is 5.32 Å². The van der Waals surface area contributed by atoms with Crippen LogP contribution in [0.4, 0.5) is 0 Å². The summed E-state index contributed by atoms with van der Waals surface area (Å²) in [5.74, 6) is 0.0954. The third-order valence-electron chi connectivity index (χ3n) is 2.94. The van der Waals surface area contributed by atoms with Crippen LogP contribution in [0.15, 0.2) is 63.3 Å². The summed E-state index contributed by atoms with van der Waals surface area (Å²) in [6, 6.07) is 15.6. The lowest BCUT2D eigenvalue weighted by atomic mass is 10.2. The summed E-state index contributed by atoms with van der Waals surface area (Å²) >= 11 is 1.57. The second-order valence-electron chi connectivity index (χ2n) is 4.41. The van der Waals surface area contributed by atoms with Gasteiger partial charge >= 0.3 is 0 Å². The summed E-state index contributed by atoms with van der Waals surface area (Å²) in [7, 11) is 0. The molecule has 22 heavy (non-hydrogen) atoms. The molecule has 2 aromatic rings. The zero-order chi connectivity index (χ0) is 15.8. The van der Waals surface area contributed by atoms with Crippen molar-refractivity contribution in [2.24, 2.45) is 10.7 Å². The van der Waals surface area contributed by atoms with Crippen molar-refractivity contribution in [2.45, 2.75) is 22.9 Å². The SMILES string of the molecule is N#CNC(N)=NCc1ccccc1Sc1ccccc1CO. The predicted molar refractivity (Wildman–Crippen MR) is 87.0 cm³/mol. The monoisotopic (exact) mass is 312 g/mol. The van der Waals surface area contributed by atoms with E-state index >= 15 is 0 Å². The highest BCUT2D eigenvalue weighted by atomic mass is 32.2. The first-order valence-corrected chi connectivity index (χ1v) is 7.45. The average Bonchev–Trinajstić information content (AvgIpc) is 2.55. The third-order valence-corrected chi connectivity index (χ3v) is 4.18. The molecule has 0 aliphatic rings. The summed E-state index contributed by atoms with van der Waals surface area (Å²) < 4.78 is 0. The molecule has 0 aromatic heterocycles. The fourth-order valence-electron chi connectivity index (χ4n) is 1.85. The molecule has 4 N–H and O–H groups in total. The molecule has 0 spiro atoms. The largest absolute Gasteiger partial charge is 0.392 e. The molecule has 0 bridgehead atoms. The highest BCUT2D eigenvalue weighted by Crippen LogP contribution is 2.33. The van der Waals surface area contributed by atoms with Gasteiger partial charge < -0.3 is 10.8 Å². The van der Waals surface area contributed by atoms with Crippen LogP contribution in [0.5, 0.6) is 0 Å². The van der Waals surface area contributed by atoms with E-state index in [-0.39, 0.29) is 12.6 Å². The maximum absolute atomic E-state index is 9.41. The van der Waals surface area contributed by atoms with Crippen LogP contribution < -0.4 is 11.1 Å². The quantitative estimate of drug-likeness (QED) is 0.340. The minimum atomic E-state index is 0.00251. The number of guanidine groups is 1. The lowest BCUT2D eigenvalue weighted by Gasteiger charge is -2.10. The number of aliphatic hydroxyl groups is 1. The molecule has 0 saturated carbocycles. The van der Waals surface area contributed by atoms with E-state index in [1.165, 1.54) is 0 Å². The van der Waals surface area contributed by atoms with E-state index < -0.39 is 0 Å². The molecular formula is C16H16N4OS. The van der Waals surface area contributed by atoms with Gasteiger partial charge in [0.25, 0.3) is 0 Å². The molecule has 2 aromatic carbocycles. The molecule has 0 aliphatic heterocycles. The molecule has 112 valence electrons. The molecule has 0 saturated heterocycles. The number of rotatable bonds is 5. The van der Waals surface area contributed by atoms with Gasteiger partial charge in [-0.25, -0.2) is 4.99 Å². The van der Waals surface area contributed by atoms with Gasteiger partial charge in [0.1, 0.15) is 0 Å². The summed E-state index contributed by atoms with van der Waals surface area (Å²) in [5, 5.41) is 20.2.